The summed E-state index contributed by atoms with van der Waals surface area (Å²) in [5.74, 6) is 3.25. The summed E-state index contributed by atoms with van der Waals surface area (Å²) in [6, 6.07) is 16.2. The number of fused-ring (bicyclic) bond motifs is 5. The van der Waals surface area contributed by atoms with Crippen molar-refractivity contribution in [1.82, 2.24) is 0 Å². The quantitative estimate of drug-likeness (QED) is 0.660. The summed E-state index contributed by atoms with van der Waals surface area (Å²) >= 11 is 5.96. The van der Waals surface area contributed by atoms with Crippen molar-refractivity contribution in [2.75, 3.05) is 24.8 Å². The number of benzene rings is 2. The average molecular weight is 382 g/mol. The second kappa shape index (κ2) is 5.36. The summed E-state index contributed by atoms with van der Waals surface area (Å²) < 4.78 is 22.8. The minimum atomic E-state index is -0.233. The largest absolute Gasteiger partial charge is 0.492 e. The normalized spacial score (nSPS) is 21.4. The summed E-state index contributed by atoms with van der Waals surface area (Å²) in [5, 5.41) is 0.412. The van der Waals surface area contributed by atoms with Crippen molar-refractivity contribution in [2.45, 2.75) is 12.0 Å². The summed E-state index contributed by atoms with van der Waals surface area (Å²) in [4.78, 5) is 2.33. The smallest absolute Gasteiger partial charge is 0.231 e. The van der Waals surface area contributed by atoms with Gasteiger partial charge in [-0.1, -0.05) is 18.2 Å². The van der Waals surface area contributed by atoms with E-state index < -0.39 is 0 Å². The lowest BCUT2D eigenvalue weighted by molar-refractivity contribution is 0.173. The molecule has 1 unspecified atom stereocenters. The maximum Gasteiger partial charge on any atom is 0.231 e. The number of rotatable bonds is 2. The summed E-state index contributed by atoms with van der Waals surface area (Å²) in [5.41, 5.74) is 3.38. The zero-order valence-electron chi connectivity index (χ0n) is 14.4. The molecule has 0 amide bonds. The van der Waals surface area contributed by atoms with Crippen molar-refractivity contribution in [1.29, 1.82) is 0 Å². The van der Waals surface area contributed by atoms with Crippen molar-refractivity contribution in [3.05, 3.63) is 70.6 Å². The molecule has 1 aromatic heterocycles. The van der Waals surface area contributed by atoms with Gasteiger partial charge in [0.2, 0.25) is 6.79 Å². The van der Waals surface area contributed by atoms with E-state index in [1.54, 1.807) is 6.07 Å². The Morgan fingerprint density at radius 3 is 2.63 bits per heavy atom. The molecule has 1 atom stereocenters. The van der Waals surface area contributed by atoms with Gasteiger partial charge in [0, 0.05) is 23.9 Å². The zero-order chi connectivity index (χ0) is 18.0. The van der Waals surface area contributed by atoms with Gasteiger partial charge >= 0.3 is 0 Å². The van der Waals surface area contributed by atoms with Crippen molar-refractivity contribution in [3.8, 4) is 17.2 Å². The van der Waals surface area contributed by atoms with Crippen molar-refractivity contribution >= 4 is 17.3 Å². The molecule has 27 heavy (non-hydrogen) atoms. The third kappa shape index (κ3) is 2.12. The third-order valence-electron chi connectivity index (χ3n) is 5.66. The SMILES string of the molecule is Clc1ccc(CN2CC3(COc4cc5c(cc43)OCO5)c3ccccc32)o1. The molecule has 136 valence electrons. The fraction of sp³-hybridized carbons (Fsp3) is 0.238. The molecule has 3 aromatic rings. The second-order valence-electron chi connectivity index (χ2n) is 7.15. The lowest BCUT2D eigenvalue weighted by atomic mass is 9.77. The van der Waals surface area contributed by atoms with Crippen molar-refractivity contribution in [3.63, 3.8) is 0 Å². The van der Waals surface area contributed by atoms with Crippen LogP contribution >= 0.6 is 11.6 Å². The highest BCUT2D eigenvalue weighted by molar-refractivity contribution is 6.28. The molecule has 0 bridgehead atoms. The number of nitrogens with zero attached hydrogens (tertiary/aromatic N) is 1. The van der Waals surface area contributed by atoms with Crippen LogP contribution in [0.5, 0.6) is 17.2 Å². The van der Waals surface area contributed by atoms with Crippen LogP contribution in [0.4, 0.5) is 5.69 Å². The van der Waals surface area contributed by atoms with Gasteiger partial charge in [-0.15, -0.1) is 0 Å². The van der Waals surface area contributed by atoms with Gasteiger partial charge in [0.05, 0.1) is 12.0 Å². The van der Waals surface area contributed by atoms with Gasteiger partial charge in [0.25, 0.3) is 0 Å². The van der Waals surface area contributed by atoms with Gasteiger partial charge in [0.15, 0.2) is 16.7 Å². The molecule has 0 fully saturated rings. The highest BCUT2D eigenvalue weighted by atomic mass is 35.5. The highest BCUT2D eigenvalue weighted by Crippen LogP contribution is 2.54. The summed E-state index contributed by atoms with van der Waals surface area (Å²) in [6.07, 6.45) is 0. The standard InChI is InChI=1S/C21H16ClNO4/c22-20-6-5-13(27-20)9-23-10-21(14-3-1-2-4-16(14)23)11-24-17-8-19-18(7-15(17)21)25-12-26-19/h1-8H,9-12H2. The van der Waals surface area contributed by atoms with Crippen LogP contribution in [0, 0.1) is 0 Å². The molecular formula is C21H16ClNO4. The van der Waals surface area contributed by atoms with E-state index in [4.69, 9.17) is 30.2 Å². The van der Waals surface area contributed by atoms with Crippen LogP contribution in [0.2, 0.25) is 5.22 Å². The van der Waals surface area contributed by atoms with Crippen LogP contribution in [-0.4, -0.2) is 19.9 Å². The first kappa shape index (κ1) is 15.3. The van der Waals surface area contributed by atoms with E-state index in [-0.39, 0.29) is 12.2 Å². The minimum absolute atomic E-state index is 0.233. The molecular weight excluding hydrogens is 366 g/mol. The van der Waals surface area contributed by atoms with Gasteiger partial charge in [-0.25, -0.2) is 0 Å². The third-order valence-corrected chi connectivity index (χ3v) is 5.86. The molecule has 0 radical (unpaired) electrons. The van der Waals surface area contributed by atoms with E-state index in [1.165, 1.54) is 11.3 Å². The number of para-hydroxylation sites is 1. The zero-order valence-corrected chi connectivity index (χ0v) is 15.2. The van der Waals surface area contributed by atoms with Gasteiger partial charge in [0.1, 0.15) is 18.1 Å². The predicted octanol–water partition coefficient (Wildman–Crippen LogP) is 4.36. The van der Waals surface area contributed by atoms with E-state index in [0.29, 0.717) is 18.4 Å². The number of hydrogen-bond acceptors (Lipinski definition) is 5. The number of halogens is 1. The number of anilines is 1. The van der Waals surface area contributed by atoms with Crippen molar-refractivity contribution < 1.29 is 18.6 Å². The number of hydrogen-bond donors (Lipinski definition) is 0. The molecule has 3 aliphatic heterocycles. The van der Waals surface area contributed by atoms with E-state index in [9.17, 15) is 0 Å². The molecule has 1 spiro atoms. The topological polar surface area (TPSA) is 44.1 Å². The summed E-state index contributed by atoms with van der Waals surface area (Å²) in [6.45, 7) is 2.31. The first-order valence-corrected chi connectivity index (χ1v) is 9.26. The maximum atomic E-state index is 6.11. The molecule has 6 heteroatoms. The van der Waals surface area contributed by atoms with E-state index in [2.05, 4.69) is 35.2 Å². The second-order valence-corrected chi connectivity index (χ2v) is 7.52. The molecule has 0 N–H and O–H groups in total. The van der Waals surface area contributed by atoms with E-state index in [1.807, 2.05) is 12.1 Å². The van der Waals surface area contributed by atoms with E-state index in [0.717, 1.165) is 35.1 Å². The van der Waals surface area contributed by atoms with Crippen molar-refractivity contribution in [2.24, 2.45) is 0 Å². The molecule has 0 saturated heterocycles. The maximum absolute atomic E-state index is 6.11. The Balaban J connectivity index is 1.46. The van der Waals surface area contributed by atoms with Crippen LogP contribution in [0.25, 0.3) is 0 Å². The Morgan fingerprint density at radius 1 is 0.926 bits per heavy atom. The fourth-order valence-corrected chi connectivity index (χ4v) is 4.63. The monoisotopic (exact) mass is 381 g/mol. The number of ether oxygens (including phenoxy) is 3. The fourth-order valence-electron chi connectivity index (χ4n) is 4.47. The Hall–Kier alpha value is -2.79. The molecule has 3 aliphatic rings. The Bertz CT molecular complexity index is 1060. The summed E-state index contributed by atoms with van der Waals surface area (Å²) in [7, 11) is 0. The molecule has 4 heterocycles. The van der Waals surface area contributed by atoms with Crippen LogP contribution in [0.1, 0.15) is 16.9 Å². The lowest BCUT2D eigenvalue weighted by Gasteiger charge is -2.24. The van der Waals surface area contributed by atoms with Gasteiger partial charge in [-0.05, 0) is 41.4 Å². The van der Waals surface area contributed by atoms with Gasteiger partial charge < -0.3 is 23.5 Å². The Kier molecular flexibility index (Phi) is 3.04. The van der Waals surface area contributed by atoms with Crippen LogP contribution in [0.3, 0.4) is 0 Å². The number of furan rings is 1. The highest BCUT2D eigenvalue weighted by Gasteiger charge is 2.50. The average Bonchev–Trinajstić information content (AvgIpc) is 3.43. The molecule has 5 nitrogen and oxygen atoms in total. The Labute approximate surface area is 161 Å². The van der Waals surface area contributed by atoms with Crippen LogP contribution in [-0.2, 0) is 12.0 Å². The molecule has 0 aliphatic carbocycles. The Morgan fingerprint density at radius 2 is 1.78 bits per heavy atom. The first-order valence-electron chi connectivity index (χ1n) is 8.89. The first-order chi connectivity index (χ1) is 13.2. The molecule has 0 saturated carbocycles. The minimum Gasteiger partial charge on any atom is -0.492 e. The van der Waals surface area contributed by atoms with E-state index >= 15 is 0 Å². The van der Waals surface area contributed by atoms with Crippen LogP contribution < -0.4 is 19.1 Å². The predicted molar refractivity (Wildman–Crippen MR) is 100 cm³/mol. The van der Waals surface area contributed by atoms with Gasteiger partial charge in [-0.2, -0.15) is 0 Å². The lowest BCUT2D eigenvalue weighted by Crippen LogP contribution is -2.35. The molecule has 6 rings (SSSR count). The molecule has 2 aromatic carbocycles. The van der Waals surface area contributed by atoms with Crippen LogP contribution in [0.15, 0.2) is 52.9 Å². The van der Waals surface area contributed by atoms with Gasteiger partial charge in [-0.3, -0.25) is 0 Å².